The van der Waals surface area contributed by atoms with Gasteiger partial charge in [-0.15, -0.1) is 0 Å². The van der Waals surface area contributed by atoms with Gasteiger partial charge >= 0.3 is 0 Å². The lowest BCUT2D eigenvalue weighted by Gasteiger charge is -2.24. The monoisotopic (exact) mass is 398 g/mol. The molecule has 2 aliphatic carbocycles. The van der Waals surface area contributed by atoms with Crippen LogP contribution >= 0.6 is 0 Å². The van der Waals surface area contributed by atoms with E-state index in [0.717, 1.165) is 17.4 Å². The molecule has 1 heterocycles. The maximum absolute atomic E-state index is 13.4. The van der Waals surface area contributed by atoms with Gasteiger partial charge in [0.2, 0.25) is 11.3 Å². The van der Waals surface area contributed by atoms with E-state index in [2.05, 4.69) is 5.32 Å². The minimum Gasteiger partial charge on any atom is -0.437 e. The lowest BCUT2D eigenvalue weighted by molar-refractivity contribution is 0.103. The number of hydrogen-bond donors (Lipinski definition) is 2. The molecule has 0 bridgehead atoms. The molecule has 0 radical (unpaired) electrons. The molecule has 0 spiro atoms. The summed E-state index contributed by atoms with van der Waals surface area (Å²) in [6.45, 7) is 5.94. The summed E-state index contributed by atoms with van der Waals surface area (Å²) >= 11 is 0. The quantitative estimate of drug-likeness (QED) is 0.362. The van der Waals surface area contributed by atoms with Crippen molar-refractivity contribution in [3.05, 3.63) is 82.9 Å². The van der Waals surface area contributed by atoms with Gasteiger partial charge in [0, 0.05) is 11.1 Å². The highest BCUT2D eigenvalue weighted by molar-refractivity contribution is 6.21. The number of rotatable bonds is 4. The van der Waals surface area contributed by atoms with Crippen LogP contribution in [0.3, 0.4) is 0 Å². The van der Waals surface area contributed by atoms with Crippen LogP contribution in [0.25, 0.3) is 22.1 Å². The molecule has 0 fully saturated rings. The number of hydrogen-bond acceptors (Lipinski definition) is 5. The number of carbonyl (C=O) groups is 2. The van der Waals surface area contributed by atoms with E-state index in [1.807, 2.05) is 57.2 Å². The topological polar surface area (TPSA) is 83.2 Å². The molecule has 0 amide bonds. The highest BCUT2D eigenvalue weighted by Gasteiger charge is 2.29. The first-order valence-corrected chi connectivity index (χ1v) is 9.71. The van der Waals surface area contributed by atoms with E-state index in [1.54, 1.807) is 24.3 Å². The Kier molecular flexibility index (Phi) is 4.74. The Morgan fingerprint density at radius 2 is 1.57 bits per heavy atom. The number of ketones is 1. The predicted molar refractivity (Wildman–Crippen MR) is 117 cm³/mol. The number of nitrogens with one attached hydrogen (secondary N) is 2. The molecule has 2 N–H and O–H groups in total. The van der Waals surface area contributed by atoms with Gasteiger partial charge in [0.05, 0.1) is 16.6 Å². The van der Waals surface area contributed by atoms with E-state index in [-0.39, 0.29) is 16.9 Å². The first-order valence-electron chi connectivity index (χ1n) is 9.71. The van der Waals surface area contributed by atoms with Gasteiger partial charge in [0.25, 0.3) is 0 Å². The Morgan fingerprint density at radius 1 is 0.967 bits per heavy atom. The summed E-state index contributed by atoms with van der Waals surface area (Å²) in [5.41, 5.74) is 2.65. The van der Waals surface area contributed by atoms with Gasteiger partial charge in [0.1, 0.15) is 5.56 Å². The predicted octanol–water partition coefficient (Wildman–Crippen LogP) is 5.27. The van der Waals surface area contributed by atoms with E-state index in [9.17, 15) is 9.59 Å². The van der Waals surface area contributed by atoms with Crippen molar-refractivity contribution in [2.75, 3.05) is 5.32 Å². The van der Waals surface area contributed by atoms with Crippen LogP contribution in [0.15, 0.2) is 65.1 Å². The molecule has 4 rings (SSSR count). The third-order valence-electron chi connectivity index (χ3n) is 4.88. The Balaban J connectivity index is 2.16. The molecular weight excluding hydrogens is 376 g/mol. The van der Waals surface area contributed by atoms with Crippen molar-refractivity contribution in [2.24, 2.45) is 0 Å². The third kappa shape index (κ3) is 3.28. The SMILES string of the molecule is CC(C)(C)Nc1c(C(=O)c2ccccc2)c(=N)oc2c(C=O)c3cccccc-3c12. The van der Waals surface area contributed by atoms with Crippen LogP contribution < -0.4 is 10.9 Å². The molecule has 0 atom stereocenters. The van der Waals surface area contributed by atoms with Crippen LogP contribution in [0, 0.1) is 5.41 Å². The van der Waals surface area contributed by atoms with Crippen molar-refractivity contribution < 1.29 is 14.0 Å². The molecule has 1 aromatic carbocycles. The van der Waals surface area contributed by atoms with Gasteiger partial charge in [-0.2, -0.15) is 0 Å². The molecule has 0 saturated carbocycles. The van der Waals surface area contributed by atoms with E-state index in [0.29, 0.717) is 27.8 Å². The lowest BCUT2D eigenvalue weighted by Crippen LogP contribution is -2.29. The number of benzene rings is 1. The zero-order chi connectivity index (χ0) is 21.5. The van der Waals surface area contributed by atoms with Crippen LogP contribution in [-0.2, 0) is 0 Å². The zero-order valence-electron chi connectivity index (χ0n) is 17.1. The highest BCUT2D eigenvalue weighted by atomic mass is 16.3. The van der Waals surface area contributed by atoms with Gasteiger partial charge in [-0.3, -0.25) is 15.0 Å². The molecule has 0 unspecified atom stereocenters. The van der Waals surface area contributed by atoms with Crippen molar-refractivity contribution in [3.63, 3.8) is 0 Å². The molecule has 30 heavy (non-hydrogen) atoms. The average molecular weight is 398 g/mol. The lowest BCUT2D eigenvalue weighted by atomic mass is 9.98. The number of aldehydes is 1. The van der Waals surface area contributed by atoms with Gasteiger partial charge < -0.3 is 9.73 Å². The minimum atomic E-state index is -0.394. The summed E-state index contributed by atoms with van der Waals surface area (Å²) < 4.78 is 5.80. The Labute approximate surface area is 174 Å². The van der Waals surface area contributed by atoms with Crippen LogP contribution in [0.4, 0.5) is 5.69 Å². The molecular formula is C25H22N2O3. The number of fused-ring (bicyclic) bond motifs is 3. The van der Waals surface area contributed by atoms with Crippen molar-refractivity contribution in [2.45, 2.75) is 26.3 Å². The number of anilines is 1. The molecule has 2 aliphatic rings. The van der Waals surface area contributed by atoms with Crippen molar-refractivity contribution in [1.82, 2.24) is 0 Å². The smallest absolute Gasteiger partial charge is 0.225 e. The Morgan fingerprint density at radius 3 is 2.17 bits per heavy atom. The zero-order valence-corrected chi connectivity index (χ0v) is 17.1. The maximum atomic E-state index is 13.4. The first kappa shape index (κ1) is 19.6. The Hall–Kier alpha value is -3.73. The fourth-order valence-corrected chi connectivity index (χ4v) is 3.69. The third-order valence-corrected chi connectivity index (χ3v) is 4.88. The van der Waals surface area contributed by atoms with Crippen LogP contribution in [0.1, 0.15) is 47.1 Å². The van der Waals surface area contributed by atoms with Crippen LogP contribution in [-0.4, -0.2) is 17.6 Å². The molecule has 5 nitrogen and oxygen atoms in total. The second-order valence-corrected chi connectivity index (χ2v) is 8.23. The van der Waals surface area contributed by atoms with E-state index in [1.165, 1.54) is 0 Å². The van der Waals surface area contributed by atoms with Gasteiger partial charge in [-0.25, -0.2) is 0 Å². The van der Waals surface area contributed by atoms with E-state index in [4.69, 9.17) is 9.83 Å². The van der Waals surface area contributed by atoms with Crippen LogP contribution in [0.2, 0.25) is 0 Å². The second-order valence-electron chi connectivity index (χ2n) is 8.23. The molecule has 2 aromatic rings. The van der Waals surface area contributed by atoms with Gasteiger partial charge in [0.15, 0.2) is 11.9 Å². The molecule has 5 heteroatoms. The van der Waals surface area contributed by atoms with Crippen molar-refractivity contribution in [1.29, 1.82) is 5.41 Å². The maximum Gasteiger partial charge on any atom is 0.225 e. The molecule has 150 valence electrons. The summed E-state index contributed by atoms with van der Waals surface area (Å²) in [5.74, 6) is -0.305. The largest absolute Gasteiger partial charge is 0.437 e. The fourth-order valence-electron chi connectivity index (χ4n) is 3.69. The van der Waals surface area contributed by atoms with Crippen LogP contribution in [0.5, 0.6) is 0 Å². The van der Waals surface area contributed by atoms with E-state index >= 15 is 0 Å². The second kappa shape index (κ2) is 7.26. The Bertz CT molecular complexity index is 1300. The summed E-state index contributed by atoms with van der Waals surface area (Å²) in [5, 5.41) is 12.6. The summed E-state index contributed by atoms with van der Waals surface area (Å²) in [7, 11) is 0. The highest BCUT2D eigenvalue weighted by Crippen LogP contribution is 2.42. The normalized spacial score (nSPS) is 11.6. The van der Waals surface area contributed by atoms with Crippen molar-refractivity contribution in [3.8, 4) is 11.1 Å². The first-order chi connectivity index (χ1) is 14.3. The van der Waals surface area contributed by atoms with E-state index < -0.39 is 5.54 Å². The fraction of sp³-hybridized carbons (Fsp3) is 0.160. The summed E-state index contributed by atoms with van der Waals surface area (Å²) in [6.07, 6.45) is 0.743. The molecule has 0 aliphatic heterocycles. The van der Waals surface area contributed by atoms with Gasteiger partial charge in [-0.05, 0) is 31.9 Å². The summed E-state index contributed by atoms with van der Waals surface area (Å²) in [4.78, 5) is 25.3. The average Bonchev–Trinajstić information content (AvgIpc) is 2.83. The summed E-state index contributed by atoms with van der Waals surface area (Å²) in [6, 6.07) is 18.2. The van der Waals surface area contributed by atoms with Crippen molar-refractivity contribution >= 4 is 28.7 Å². The standard InChI is InChI=1S/C25H22N2O3/c1-25(2,3)27-21-19-17-13-9-5-8-12-16(17)18(14-28)23(19)30-24(26)20(21)22(29)15-10-6-4-7-11-15/h4-14,26-27H,1-3H3. The number of carbonyl (C=O) groups excluding carboxylic acids is 2. The van der Waals surface area contributed by atoms with Gasteiger partial charge in [-0.1, -0.05) is 60.7 Å². The molecule has 0 saturated heterocycles. The minimum absolute atomic E-state index is 0.152. The molecule has 1 aromatic heterocycles.